The van der Waals surface area contributed by atoms with Crippen LogP contribution >= 0.6 is 0 Å². The fourth-order valence-electron chi connectivity index (χ4n) is 20.5. The van der Waals surface area contributed by atoms with Gasteiger partial charge in [0.05, 0.1) is 0 Å². The number of para-hydroxylation sites is 4. The first-order chi connectivity index (χ1) is 62.7. The third-order valence-electron chi connectivity index (χ3n) is 26.6. The second kappa shape index (κ2) is 30.6. The Kier molecular flexibility index (Phi) is 17.9. The van der Waals surface area contributed by atoms with Crippen molar-refractivity contribution >= 4 is 202 Å². The molecule has 25 aromatic rings. The molecule has 4 nitrogen and oxygen atoms in total. The SMILES string of the molecule is CC1(C)c2ccccc2-c2ccc(N(c3ccccc3)c3ccc4c(ccc5c4ccc4ccc6ccccc6c45)c3)cc21.c1ccc(-c2ccc(N(c3ccccc3)c3ccc4c(ccc5ccc6c7ccccc7ccc6c54)c3)cc2)cc1.c1ccc(N(c2ccc3c(ccc4c3ccc3ccc5ccccc5c34)c2)c2ccc3c(c2)oc2ccccc23)cc1. The molecule has 0 saturated heterocycles. The summed E-state index contributed by atoms with van der Waals surface area (Å²) < 4.78 is 6.27. The van der Waals surface area contributed by atoms with Crippen molar-refractivity contribution in [2.45, 2.75) is 19.3 Å². The van der Waals surface area contributed by atoms with Gasteiger partial charge in [-0.1, -0.05) is 360 Å². The smallest absolute Gasteiger partial charge is 0.137 e. The molecule has 0 spiro atoms. The summed E-state index contributed by atoms with van der Waals surface area (Å²) in [6, 6.07) is 170. The quantitative estimate of drug-likeness (QED) is 0.127. The maximum absolute atomic E-state index is 6.27. The summed E-state index contributed by atoms with van der Waals surface area (Å²) in [4.78, 5) is 7.05. The van der Waals surface area contributed by atoms with Gasteiger partial charge in [-0.05, 0) is 278 Å². The van der Waals surface area contributed by atoms with Crippen molar-refractivity contribution in [3.05, 3.63) is 478 Å². The molecule has 596 valence electrons. The highest BCUT2D eigenvalue weighted by Crippen LogP contribution is 2.52. The molecule has 1 aromatic heterocycles. The van der Waals surface area contributed by atoms with E-state index in [9.17, 15) is 0 Å². The largest absolute Gasteiger partial charge is 0.456 e. The molecule has 24 aromatic carbocycles. The maximum Gasteiger partial charge on any atom is 0.137 e. The van der Waals surface area contributed by atoms with Gasteiger partial charge < -0.3 is 19.1 Å². The first-order valence-electron chi connectivity index (χ1n) is 43.9. The van der Waals surface area contributed by atoms with E-state index in [1.54, 1.807) is 0 Å². The third-order valence-corrected chi connectivity index (χ3v) is 26.6. The highest BCUT2D eigenvalue weighted by molar-refractivity contribution is 6.28. The van der Waals surface area contributed by atoms with Crippen LogP contribution in [0.5, 0.6) is 0 Å². The van der Waals surface area contributed by atoms with Crippen LogP contribution in [0.4, 0.5) is 51.2 Å². The highest BCUT2D eigenvalue weighted by Gasteiger charge is 2.36. The lowest BCUT2D eigenvalue weighted by atomic mass is 9.82. The molecule has 1 aliphatic carbocycles. The standard InChI is InChI=1S/C43H31N.C40H25NO.C40H27N/c1-43(2)40-15-9-8-14-37(40)38-25-21-33(27-41(38)43)44(31-11-4-3-5-12-31)32-20-24-34-30(26-32)19-23-39-36(34)22-18-29-17-16-28-10-6-7-13-35(28)42(29)39;1-2-9-29(10-3-1)41(31-19-23-36-35-12-6-7-13-38(35)42-39(36)25-31)30-18-22-32-28(24-30)17-21-37-34(32)20-16-27-15-14-26-8-4-5-11-33(26)40(27)37;1-3-9-28(10-4-1)29-17-21-34(22-18-29)41(33-12-5-2-6-13-33)35-23-26-37-32(27-35)16-15-31-20-24-38-36-14-8-7-11-30(36)19-25-39(38)40(31)37/h3-27H,1-2H3;1-25H;1-27H. The van der Waals surface area contributed by atoms with Crippen LogP contribution in [0.1, 0.15) is 25.0 Å². The number of rotatable bonds is 10. The van der Waals surface area contributed by atoms with E-state index in [0.717, 1.165) is 67.4 Å². The van der Waals surface area contributed by atoms with Gasteiger partial charge in [-0.25, -0.2) is 0 Å². The second-order valence-corrected chi connectivity index (χ2v) is 34.2. The molecule has 0 saturated carbocycles. The minimum Gasteiger partial charge on any atom is -0.456 e. The van der Waals surface area contributed by atoms with E-state index in [4.69, 9.17) is 4.42 Å². The molecule has 26 rings (SSSR count). The number of hydrogen-bond acceptors (Lipinski definition) is 4. The fourth-order valence-corrected chi connectivity index (χ4v) is 20.5. The second-order valence-electron chi connectivity index (χ2n) is 34.2. The van der Waals surface area contributed by atoms with Crippen LogP contribution < -0.4 is 14.7 Å². The van der Waals surface area contributed by atoms with E-state index in [1.807, 2.05) is 12.1 Å². The molecule has 1 heterocycles. The van der Waals surface area contributed by atoms with Crippen LogP contribution in [-0.4, -0.2) is 0 Å². The average Bonchev–Trinajstić information content (AvgIpc) is 1.68. The predicted octanol–water partition coefficient (Wildman–Crippen LogP) is 35.2. The summed E-state index contributed by atoms with van der Waals surface area (Å²) in [6.45, 7) is 4.70. The molecule has 0 unspecified atom stereocenters. The van der Waals surface area contributed by atoms with Gasteiger partial charge in [-0.2, -0.15) is 0 Å². The molecule has 0 bridgehead atoms. The van der Waals surface area contributed by atoms with Gasteiger partial charge in [0.2, 0.25) is 0 Å². The zero-order valence-corrected chi connectivity index (χ0v) is 70.2. The molecular weight excluding hydrogens is 1540 g/mol. The summed E-state index contributed by atoms with van der Waals surface area (Å²) in [6.07, 6.45) is 0. The van der Waals surface area contributed by atoms with Gasteiger partial charge in [0.15, 0.2) is 0 Å². The van der Waals surface area contributed by atoms with Crippen LogP contribution in [0.3, 0.4) is 0 Å². The Balaban J connectivity index is 0.000000106. The summed E-state index contributed by atoms with van der Waals surface area (Å²) >= 11 is 0. The Morgan fingerprint density at radius 2 is 0.457 bits per heavy atom. The molecule has 127 heavy (non-hydrogen) atoms. The topological polar surface area (TPSA) is 22.9 Å². The Morgan fingerprint density at radius 3 is 0.984 bits per heavy atom. The zero-order valence-electron chi connectivity index (χ0n) is 70.2. The number of anilines is 9. The molecule has 0 amide bonds. The zero-order chi connectivity index (χ0) is 84.2. The minimum absolute atomic E-state index is 0.0560. The Morgan fingerprint density at radius 1 is 0.165 bits per heavy atom. The third kappa shape index (κ3) is 12.8. The number of benzene rings is 24. The molecule has 0 aliphatic heterocycles. The molecule has 4 heteroatoms. The van der Waals surface area contributed by atoms with Gasteiger partial charge in [-0.3, -0.25) is 0 Å². The van der Waals surface area contributed by atoms with Crippen molar-refractivity contribution in [3.8, 4) is 22.3 Å². The number of hydrogen-bond donors (Lipinski definition) is 0. The lowest BCUT2D eigenvalue weighted by molar-refractivity contribution is 0.660. The number of nitrogens with zero attached hydrogens (tertiary/aromatic N) is 3. The normalized spacial score (nSPS) is 12.2. The van der Waals surface area contributed by atoms with E-state index in [2.05, 4.69) is 484 Å². The summed E-state index contributed by atoms with van der Waals surface area (Å²) in [5, 5.41) is 33.1. The monoisotopic (exact) mass is 1620 g/mol. The Labute approximate surface area is 736 Å². The molecule has 0 fully saturated rings. The van der Waals surface area contributed by atoms with Crippen molar-refractivity contribution < 1.29 is 4.42 Å². The minimum atomic E-state index is -0.0560. The fraction of sp³-hybridized carbons (Fsp3) is 0.0244. The van der Waals surface area contributed by atoms with Crippen LogP contribution in [0, 0.1) is 0 Å². The van der Waals surface area contributed by atoms with Crippen molar-refractivity contribution in [1.82, 2.24) is 0 Å². The van der Waals surface area contributed by atoms with E-state index in [-0.39, 0.29) is 5.41 Å². The van der Waals surface area contributed by atoms with Crippen molar-refractivity contribution in [3.63, 3.8) is 0 Å². The summed E-state index contributed by atoms with van der Waals surface area (Å²) in [5.74, 6) is 0. The summed E-state index contributed by atoms with van der Waals surface area (Å²) in [7, 11) is 0. The predicted molar refractivity (Wildman–Crippen MR) is 544 cm³/mol. The number of fused-ring (bicyclic) bond motifs is 27. The molecule has 0 N–H and O–H groups in total. The van der Waals surface area contributed by atoms with Crippen LogP contribution in [0.15, 0.2) is 472 Å². The molecule has 0 atom stereocenters. The Hall–Kier alpha value is -16.4. The van der Waals surface area contributed by atoms with Crippen LogP contribution in [0.2, 0.25) is 0 Å². The van der Waals surface area contributed by atoms with Crippen molar-refractivity contribution in [2.24, 2.45) is 0 Å². The lowest BCUT2D eigenvalue weighted by Crippen LogP contribution is -2.16. The van der Waals surface area contributed by atoms with Gasteiger partial charge in [0.1, 0.15) is 11.2 Å². The molecule has 0 radical (unpaired) electrons. The highest BCUT2D eigenvalue weighted by atomic mass is 16.3. The first-order valence-corrected chi connectivity index (χ1v) is 43.9. The molecule has 1 aliphatic rings. The number of furan rings is 1. The van der Waals surface area contributed by atoms with Crippen molar-refractivity contribution in [2.75, 3.05) is 14.7 Å². The van der Waals surface area contributed by atoms with E-state index >= 15 is 0 Å². The lowest BCUT2D eigenvalue weighted by Gasteiger charge is -2.28. The van der Waals surface area contributed by atoms with Crippen molar-refractivity contribution in [1.29, 1.82) is 0 Å². The molecular formula is C123H83N3O. The maximum atomic E-state index is 6.27. The van der Waals surface area contributed by atoms with Gasteiger partial charge in [0.25, 0.3) is 0 Å². The van der Waals surface area contributed by atoms with Crippen LogP contribution in [0.25, 0.3) is 173 Å². The van der Waals surface area contributed by atoms with Gasteiger partial charge in [0, 0.05) is 73.4 Å². The van der Waals surface area contributed by atoms with Gasteiger partial charge in [-0.15, -0.1) is 0 Å². The Bertz CT molecular complexity index is 8680. The van der Waals surface area contributed by atoms with Crippen LogP contribution in [-0.2, 0) is 5.41 Å². The van der Waals surface area contributed by atoms with E-state index in [0.29, 0.717) is 0 Å². The van der Waals surface area contributed by atoms with E-state index in [1.165, 1.54) is 168 Å². The average molecular weight is 1620 g/mol. The first kappa shape index (κ1) is 74.4. The van der Waals surface area contributed by atoms with Gasteiger partial charge >= 0.3 is 0 Å². The summed E-state index contributed by atoms with van der Waals surface area (Å²) in [5.41, 5.74) is 19.8. The van der Waals surface area contributed by atoms with E-state index < -0.39 is 0 Å².